The van der Waals surface area contributed by atoms with Gasteiger partial charge in [-0.2, -0.15) is 13.2 Å². The molecule has 2 nitrogen and oxygen atoms in total. The van der Waals surface area contributed by atoms with Crippen LogP contribution in [0.3, 0.4) is 0 Å². The van der Waals surface area contributed by atoms with Crippen molar-refractivity contribution in [2.75, 3.05) is 0 Å². The number of amides is 1. The summed E-state index contributed by atoms with van der Waals surface area (Å²) in [5, 5.41) is -0.436. The van der Waals surface area contributed by atoms with E-state index in [1.807, 2.05) is 0 Å². The molecular weight excluding hydrogens is 267 g/mol. The molecule has 18 heavy (non-hydrogen) atoms. The number of benzene rings is 1. The second-order valence-corrected chi connectivity index (χ2v) is 3.78. The fourth-order valence-electron chi connectivity index (χ4n) is 1.35. The van der Waals surface area contributed by atoms with Crippen molar-refractivity contribution in [1.82, 2.24) is 0 Å². The highest BCUT2D eigenvalue weighted by atomic mass is 35.5. The molecule has 0 fully saturated rings. The zero-order valence-electron chi connectivity index (χ0n) is 9.09. The molecule has 0 atom stereocenters. The lowest BCUT2D eigenvalue weighted by molar-refractivity contribution is -0.137. The summed E-state index contributed by atoms with van der Waals surface area (Å²) in [5.74, 6) is -0.842. The molecule has 1 aromatic carbocycles. The lowest BCUT2D eigenvalue weighted by Crippen LogP contribution is -2.14. The number of nitrogens with two attached hydrogens (primary N) is 1. The predicted molar refractivity (Wildman–Crippen MR) is 63.8 cm³/mol. The molecule has 0 aliphatic heterocycles. The van der Waals surface area contributed by atoms with Crippen LogP contribution in [0.2, 0.25) is 5.02 Å². The second-order valence-electron chi connectivity index (χ2n) is 3.37. The van der Waals surface area contributed by atoms with Gasteiger partial charge >= 0.3 is 6.18 Å². The standard InChI is InChI=1S/C12H9ClF3NO/c1-2-3-8(11(17)18)7-4-5-10(13)9(6-7)12(14,15)16/h2-6H,1H2,(H2,17,18). The number of hydrogen-bond donors (Lipinski definition) is 1. The lowest BCUT2D eigenvalue weighted by atomic mass is 10.0. The largest absolute Gasteiger partial charge is 0.417 e. The smallest absolute Gasteiger partial charge is 0.366 e. The van der Waals surface area contributed by atoms with Gasteiger partial charge in [0.15, 0.2) is 0 Å². The van der Waals surface area contributed by atoms with Gasteiger partial charge in [-0.1, -0.05) is 30.3 Å². The number of carbonyl (C=O) groups excluding carboxylic acids is 1. The van der Waals surface area contributed by atoms with E-state index in [0.29, 0.717) is 0 Å². The summed E-state index contributed by atoms with van der Waals surface area (Å²) >= 11 is 5.47. The first-order valence-electron chi connectivity index (χ1n) is 4.77. The molecule has 1 rings (SSSR count). The normalized spacial score (nSPS) is 12.3. The quantitative estimate of drug-likeness (QED) is 0.667. The van der Waals surface area contributed by atoms with Crippen molar-refractivity contribution in [2.45, 2.75) is 6.18 Å². The van der Waals surface area contributed by atoms with Gasteiger partial charge in [0.25, 0.3) is 0 Å². The summed E-state index contributed by atoms with van der Waals surface area (Å²) in [6.07, 6.45) is -2.09. The van der Waals surface area contributed by atoms with E-state index >= 15 is 0 Å². The number of halogens is 4. The molecule has 96 valence electrons. The number of rotatable bonds is 3. The van der Waals surface area contributed by atoms with Gasteiger partial charge < -0.3 is 5.73 Å². The van der Waals surface area contributed by atoms with Crippen LogP contribution in [0.25, 0.3) is 5.57 Å². The number of primary amides is 1. The Morgan fingerprint density at radius 3 is 2.44 bits per heavy atom. The molecule has 0 spiro atoms. The van der Waals surface area contributed by atoms with Gasteiger partial charge in [0.1, 0.15) is 0 Å². The van der Waals surface area contributed by atoms with Crippen LogP contribution in [0, 0.1) is 0 Å². The predicted octanol–water partition coefficient (Wildman–Crippen LogP) is 3.41. The highest BCUT2D eigenvalue weighted by molar-refractivity contribution is 6.31. The van der Waals surface area contributed by atoms with E-state index < -0.39 is 22.7 Å². The minimum absolute atomic E-state index is 0.0409. The first kappa shape index (κ1) is 14.3. The van der Waals surface area contributed by atoms with Crippen molar-refractivity contribution < 1.29 is 18.0 Å². The van der Waals surface area contributed by atoms with Gasteiger partial charge in [0.2, 0.25) is 5.91 Å². The van der Waals surface area contributed by atoms with E-state index in [1.54, 1.807) is 0 Å². The van der Waals surface area contributed by atoms with Crippen LogP contribution in [0.1, 0.15) is 11.1 Å². The molecule has 0 saturated heterocycles. The molecule has 1 amide bonds. The minimum Gasteiger partial charge on any atom is -0.366 e. The molecule has 1 aromatic rings. The van der Waals surface area contributed by atoms with E-state index in [4.69, 9.17) is 17.3 Å². The van der Waals surface area contributed by atoms with Crippen molar-refractivity contribution in [2.24, 2.45) is 5.73 Å². The van der Waals surface area contributed by atoms with E-state index in [1.165, 1.54) is 18.2 Å². The fraction of sp³-hybridized carbons (Fsp3) is 0.0833. The molecule has 0 radical (unpaired) electrons. The summed E-state index contributed by atoms with van der Waals surface area (Å²) < 4.78 is 37.9. The van der Waals surface area contributed by atoms with Gasteiger partial charge in [-0.3, -0.25) is 4.79 Å². The third kappa shape index (κ3) is 3.13. The Labute approximate surface area is 107 Å². The molecule has 0 heterocycles. The Balaban J connectivity index is 3.40. The van der Waals surface area contributed by atoms with Crippen LogP contribution in [0.15, 0.2) is 36.9 Å². The van der Waals surface area contributed by atoms with Crippen molar-refractivity contribution in [3.63, 3.8) is 0 Å². The highest BCUT2D eigenvalue weighted by Crippen LogP contribution is 2.36. The molecule has 0 unspecified atom stereocenters. The Kier molecular flexibility index (Phi) is 4.19. The maximum atomic E-state index is 12.6. The number of hydrogen-bond acceptors (Lipinski definition) is 1. The minimum atomic E-state index is -4.59. The molecule has 0 aromatic heterocycles. The van der Waals surface area contributed by atoms with Gasteiger partial charge in [-0.15, -0.1) is 0 Å². The van der Waals surface area contributed by atoms with Gasteiger partial charge in [-0.05, 0) is 23.8 Å². The number of allylic oxidation sites excluding steroid dienone is 2. The summed E-state index contributed by atoms with van der Waals surface area (Å²) in [4.78, 5) is 11.1. The van der Waals surface area contributed by atoms with E-state index in [0.717, 1.165) is 12.1 Å². The first-order valence-corrected chi connectivity index (χ1v) is 5.14. The molecule has 0 aliphatic carbocycles. The number of alkyl halides is 3. The van der Waals surface area contributed by atoms with Gasteiger partial charge in [0.05, 0.1) is 10.6 Å². The fourth-order valence-corrected chi connectivity index (χ4v) is 1.57. The molecule has 0 aliphatic rings. The molecule has 0 bridgehead atoms. The average molecular weight is 276 g/mol. The summed E-state index contributed by atoms with van der Waals surface area (Å²) in [6.45, 7) is 3.36. The van der Waals surface area contributed by atoms with Crippen molar-refractivity contribution >= 4 is 23.1 Å². The van der Waals surface area contributed by atoms with Gasteiger partial charge in [0, 0.05) is 5.57 Å². The molecule has 0 saturated carbocycles. The van der Waals surface area contributed by atoms with Crippen LogP contribution in [0.5, 0.6) is 0 Å². The Hall–Kier alpha value is -1.75. The van der Waals surface area contributed by atoms with E-state index in [-0.39, 0.29) is 11.1 Å². The monoisotopic (exact) mass is 275 g/mol. The lowest BCUT2D eigenvalue weighted by Gasteiger charge is -2.11. The SMILES string of the molecule is C=CC=C(C(N)=O)c1ccc(Cl)c(C(F)(F)F)c1. The van der Waals surface area contributed by atoms with E-state index in [9.17, 15) is 18.0 Å². The topological polar surface area (TPSA) is 43.1 Å². The van der Waals surface area contributed by atoms with Crippen LogP contribution in [-0.4, -0.2) is 5.91 Å². The Bertz CT molecular complexity index is 521. The average Bonchev–Trinajstić information content (AvgIpc) is 2.25. The maximum Gasteiger partial charge on any atom is 0.417 e. The maximum absolute atomic E-state index is 12.6. The van der Waals surface area contributed by atoms with Crippen molar-refractivity contribution in [3.8, 4) is 0 Å². The van der Waals surface area contributed by atoms with Gasteiger partial charge in [-0.25, -0.2) is 0 Å². The summed E-state index contributed by atoms with van der Waals surface area (Å²) in [6, 6.07) is 3.14. The Morgan fingerprint density at radius 2 is 2.00 bits per heavy atom. The zero-order chi connectivity index (χ0) is 13.9. The van der Waals surface area contributed by atoms with Crippen LogP contribution in [0.4, 0.5) is 13.2 Å². The van der Waals surface area contributed by atoms with E-state index in [2.05, 4.69) is 6.58 Å². The Morgan fingerprint density at radius 1 is 1.39 bits per heavy atom. The third-order valence-corrected chi connectivity index (χ3v) is 2.46. The molecule has 6 heteroatoms. The number of carbonyl (C=O) groups is 1. The van der Waals surface area contributed by atoms with Crippen molar-refractivity contribution in [3.05, 3.63) is 53.1 Å². The highest BCUT2D eigenvalue weighted by Gasteiger charge is 2.33. The third-order valence-electron chi connectivity index (χ3n) is 2.13. The van der Waals surface area contributed by atoms with Crippen molar-refractivity contribution in [1.29, 1.82) is 0 Å². The molecule has 2 N–H and O–H groups in total. The first-order chi connectivity index (χ1) is 8.27. The summed E-state index contributed by atoms with van der Waals surface area (Å²) in [5.41, 5.74) is 4.04. The summed E-state index contributed by atoms with van der Waals surface area (Å²) in [7, 11) is 0. The van der Waals surface area contributed by atoms with Crippen LogP contribution < -0.4 is 5.73 Å². The van der Waals surface area contributed by atoms with Crippen LogP contribution >= 0.6 is 11.6 Å². The zero-order valence-corrected chi connectivity index (χ0v) is 9.85. The molecular formula is C12H9ClF3NO. The second kappa shape index (κ2) is 5.27. The van der Waals surface area contributed by atoms with Crippen LogP contribution in [-0.2, 0) is 11.0 Å².